The highest BCUT2D eigenvalue weighted by Crippen LogP contribution is 2.18. The van der Waals surface area contributed by atoms with Crippen molar-refractivity contribution >= 4 is 0 Å². The van der Waals surface area contributed by atoms with E-state index in [1.54, 1.807) is 0 Å². The molecule has 0 amide bonds. The Labute approximate surface area is 85.8 Å². The molecule has 78 valence electrons. The zero-order valence-electron chi connectivity index (χ0n) is 8.90. The van der Waals surface area contributed by atoms with Crippen LogP contribution in [0.4, 0.5) is 0 Å². The average Bonchev–Trinajstić information content (AvgIpc) is 2.25. The molecule has 0 saturated heterocycles. The summed E-state index contributed by atoms with van der Waals surface area (Å²) in [5.74, 6) is 0. The lowest BCUT2D eigenvalue weighted by Gasteiger charge is -2.17. The van der Waals surface area contributed by atoms with E-state index in [4.69, 9.17) is 9.47 Å². The Kier molecular flexibility index (Phi) is 5.27. The molecule has 0 heterocycles. The van der Waals surface area contributed by atoms with Crippen LogP contribution in [0.25, 0.3) is 0 Å². The van der Waals surface area contributed by atoms with E-state index in [-0.39, 0.29) is 6.29 Å². The van der Waals surface area contributed by atoms with E-state index in [0.717, 1.165) is 18.6 Å². The second kappa shape index (κ2) is 6.57. The van der Waals surface area contributed by atoms with Crippen LogP contribution in [0.5, 0.6) is 0 Å². The lowest BCUT2D eigenvalue weighted by molar-refractivity contribution is -0.143. The van der Waals surface area contributed by atoms with Crippen LogP contribution in [-0.4, -0.2) is 13.2 Å². The molecule has 0 bridgehead atoms. The highest BCUT2D eigenvalue weighted by Gasteiger charge is 2.09. The maximum Gasteiger partial charge on any atom is 0.183 e. The van der Waals surface area contributed by atoms with E-state index in [0.29, 0.717) is 6.61 Å². The summed E-state index contributed by atoms with van der Waals surface area (Å²) >= 11 is 0. The molecular formula is C12H18O2. The Hall–Kier alpha value is -0.860. The first-order valence-corrected chi connectivity index (χ1v) is 5.16. The Balaban J connectivity index is 2.58. The molecule has 0 aliphatic heterocycles. The summed E-state index contributed by atoms with van der Waals surface area (Å²) in [6.45, 7) is 5.47. The van der Waals surface area contributed by atoms with Gasteiger partial charge in [0.25, 0.3) is 0 Å². The van der Waals surface area contributed by atoms with Gasteiger partial charge >= 0.3 is 0 Å². The van der Waals surface area contributed by atoms with E-state index < -0.39 is 0 Å². The van der Waals surface area contributed by atoms with Crippen molar-refractivity contribution in [3.05, 3.63) is 35.9 Å². The van der Waals surface area contributed by atoms with Crippen LogP contribution in [0.1, 0.15) is 32.1 Å². The molecule has 2 nitrogen and oxygen atoms in total. The van der Waals surface area contributed by atoms with Crippen LogP contribution in [0.2, 0.25) is 0 Å². The summed E-state index contributed by atoms with van der Waals surface area (Å²) in [6.07, 6.45) is 0.803. The van der Waals surface area contributed by atoms with Gasteiger partial charge in [-0.1, -0.05) is 37.3 Å². The minimum absolute atomic E-state index is 0.207. The first-order chi connectivity index (χ1) is 6.88. The molecule has 1 atom stereocenters. The molecular weight excluding hydrogens is 176 g/mol. The summed E-state index contributed by atoms with van der Waals surface area (Å²) in [6, 6.07) is 10.0. The van der Waals surface area contributed by atoms with Crippen molar-refractivity contribution < 1.29 is 9.47 Å². The van der Waals surface area contributed by atoms with E-state index in [2.05, 4.69) is 6.92 Å². The Morgan fingerprint density at radius 3 is 2.36 bits per heavy atom. The maximum atomic E-state index is 5.60. The summed E-state index contributed by atoms with van der Waals surface area (Å²) in [4.78, 5) is 0. The van der Waals surface area contributed by atoms with Gasteiger partial charge in [0.1, 0.15) is 0 Å². The standard InChI is InChI=1S/C12H18O2/c1-3-10-14-12(13-4-2)11-8-6-5-7-9-11/h5-9,12H,3-4,10H2,1-2H3. The van der Waals surface area contributed by atoms with Crippen molar-refractivity contribution in [3.8, 4) is 0 Å². The highest BCUT2D eigenvalue weighted by atomic mass is 16.7. The quantitative estimate of drug-likeness (QED) is 0.648. The van der Waals surface area contributed by atoms with Gasteiger partial charge in [-0.15, -0.1) is 0 Å². The fourth-order valence-electron chi connectivity index (χ4n) is 1.23. The molecule has 14 heavy (non-hydrogen) atoms. The highest BCUT2D eigenvalue weighted by molar-refractivity contribution is 5.15. The summed E-state index contributed by atoms with van der Waals surface area (Å²) in [5.41, 5.74) is 1.09. The molecule has 1 unspecified atom stereocenters. The second-order valence-corrected chi connectivity index (χ2v) is 3.07. The number of benzene rings is 1. The van der Waals surface area contributed by atoms with E-state index in [1.807, 2.05) is 37.3 Å². The maximum absolute atomic E-state index is 5.60. The summed E-state index contributed by atoms with van der Waals surface area (Å²) in [7, 11) is 0. The van der Waals surface area contributed by atoms with E-state index >= 15 is 0 Å². The molecule has 1 rings (SSSR count). The molecule has 1 aromatic rings. The number of ether oxygens (including phenoxy) is 2. The van der Waals surface area contributed by atoms with Crippen molar-refractivity contribution in [2.45, 2.75) is 26.6 Å². The predicted molar refractivity (Wildman–Crippen MR) is 57.1 cm³/mol. The topological polar surface area (TPSA) is 18.5 Å². The first kappa shape index (κ1) is 11.2. The molecule has 0 aromatic heterocycles. The zero-order chi connectivity index (χ0) is 10.2. The third kappa shape index (κ3) is 3.48. The van der Waals surface area contributed by atoms with Gasteiger partial charge in [-0.05, 0) is 13.3 Å². The molecule has 1 aromatic carbocycles. The Morgan fingerprint density at radius 2 is 1.79 bits per heavy atom. The van der Waals surface area contributed by atoms with Crippen molar-refractivity contribution in [2.24, 2.45) is 0 Å². The second-order valence-electron chi connectivity index (χ2n) is 3.07. The van der Waals surface area contributed by atoms with Crippen LogP contribution < -0.4 is 0 Å². The predicted octanol–water partition coefficient (Wildman–Crippen LogP) is 3.15. The molecule has 0 radical (unpaired) electrons. The van der Waals surface area contributed by atoms with Gasteiger partial charge in [0.15, 0.2) is 6.29 Å². The molecule has 0 saturated carbocycles. The minimum Gasteiger partial charge on any atom is -0.349 e. The van der Waals surface area contributed by atoms with E-state index in [1.165, 1.54) is 0 Å². The van der Waals surface area contributed by atoms with Crippen LogP contribution in [0.3, 0.4) is 0 Å². The molecule has 0 fully saturated rings. The van der Waals surface area contributed by atoms with Crippen molar-refractivity contribution in [1.82, 2.24) is 0 Å². The van der Waals surface area contributed by atoms with Crippen LogP contribution in [0, 0.1) is 0 Å². The third-order valence-electron chi connectivity index (χ3n) is 1.86. The SMILES string of the molecule is CCCOC(OCC)c1ccccc1. The van der Waals surface area contributed by atoms with Crippen molar-refractivity contribution in [3.63, 3.8) is 0 Å². The average molecular weight is 194 g/mol. The van der Waals surface area contributed by atoms with Gasteiger partial charge in [-0.3, -0.25) is 0 Å². The Bertz CT molecular complexity index is 233. The van der Waals surface area contributed by atoms with Gasteiger partial charge in [-0.2, -0.15) is 0 Å². The van der Waals surface area contributed by atoms with Gasteiger partial charge in [-0.25, -0.2) is 0 Å². The number of hydrogen-bond donors (Lipinski definition) is 0. The smallest absolute Gasteiger partial charge is 0.183 e. The van der Waals surface area contributed by atoms with Crippen LogP contribution in [-0.2, 0) is 9.47 Å². The molecule has 0 aliphatic rings. The lowest BCUT2D eigenvalue weighted by atomic mass is 10.2. The minimum atomic E-state index is -0.207. The fraction of sp³-hybridized carbons (Fsp3) is 0.500. The number of rotatable bonds is 6. The fourth-order valence-corrected chi connectivity index (χ4v) is 1.23. The first-order valence-electron chi connectivity index (χ1n) is 5.16. The van der Waals surface area contributed by atoms with Crippen molar-refractivity contribution in [1.29, 1.82) is 0 Å². The monoisotopic (exact) mass is 194 g/mol. The molecule has 0 spiro atoms. The zero-order valence-corrected chi connectivity index (χ0v) is 8.90. The summed E-state index contributed by atoms with van der Waals surface area (Å²) in [5, 5.41) is 0. The van der Waals surface area contributed by atoms with Crippen molar-refractivity contribution in [2.75, 3.05) is 13.2 Å². The molecule has 2 heteroatoms. The summed E-state index contributed by atoms with van der Waals surface area (Å²) < 4.78 is 11.1. The number of hydrogen-bond acceptors (Lipinski definition) is 2. The van der Waals surface area contributed by atoms with Crippen LogP contribution in [0.15, 0.2) is 30.3 Å². The van der Waals surface area contributed by atoms with Crippen LogP contribution >= 0.6 is 0 Å². The molecule has 0 aliphatic carbocycles. The lowest BCUT2D eigenvalue weighted by Crippen LogP contribution is -2.09. The van der Waals surface area contributed by atoms with Gasteiger partial charge in [0.05, 0.1) is 0 Å². The normalized spacial score (nSPS) is 12.7. The third-order valence-corrected chi connectivity index (χ3v) is 1.86. The molecule has 0 N–H and O–H groups in total. The van der Waals surface area contributed by atoms with Gasteiger partial charge in [0.2, 0.25) is 0 Å². The van der Waals surface area contributed by atoms with Gasteiger partial charge in [0, 0.05) is 18.8 Å². The van der Waals surface area contributed by atoms with E-state index in [9.17, 15) is 0 Å². The Morgan fingerprint density at radius 1 is 1.07 bits per heavy atom. The largest absolute Gasteiger partial charge is 0.349 e. The van der Waals surface area contributed by atoms with Gasteiger partial charge < -0.3 is 9.47 Å².